The number of hydrogen-bond acceptors (Lipinski definition) is 4. The van der Waals surface area contributed by atoms with Crippen LogP contribution in [0.5, 0.6) is 0 Å². The molecule has 2 heterocycles. The van der Waals surface area contributed by atoms with E-state index in [9.17, 15) is 22.8 Å². The molecule has 6 nitrogen and oxygen atoms in total. The largest absolute Gasteiger partial charge is 0.433 e. The average Bonchev–Trinajstić information content (AvgIpc) is 2.46. The lowest BCUT2D eigenvalue weighted by atomic mass is 10.3. The number of pyridine rings is 1. The molecule has 0 aliphatic rings. The maximum absolute atomic E-state index is 12.7. The van der Waals surface area contributed by atoms with Crippen LogP contribution in [0.3, 0.4) is 0 Å². The van der Waals surface area contributed by atoms with Gasteiger partial charge < -0.3 is 10.3 Å². The molecular weight excluding hydrogens is 337 g/mol. The van der Waals surface area contributed by atoms with Gasteiger partial charge >= 0.3 is 6.18 Å². The monoisotopic (exact) mass is 346 g/mol. The summed E-state index contributed by atoms with van der Waals surface area (Å²) in [4.78, 5) is 32.3. The predicted octanol–water partition coefficient (Wildman–Crippen LogP) is 2.42. The summed E-state index contributed by atoms with van der Waals surface area (Å²) in [5.74, 6) is -0.818. The Morgan fingerprint density at radius 1 is 1.35 bits per heavy atom. The number of halogens is 4. The summed E-state index contributed by atoms with van der Waals surface area (Å²) in [5, 5.41) is 1.57. The van der Waals surface area contributed by atoms with Crippen molar-refractivity contribution in [3.63, 3.8) is 0 Å². The highest BCUT2D eigenvalue weighted by Gasteiger charge is 2.33. The van der Waals surface area contributed by atoms with Crippen LogP contribution in [0.15, 0.2) is 29.1 Å². The van der Waals surface area contributed by atoms with Crippen LogP contribution in [0.2, 0.25) is 0 Å². The molecule has 1 unspecified atom stereocenters. The minimum Gasteiger partial charge on any atom is -0.309 e. The number of rotatable bonds is 3. The van der Waals surface area contributed by atoms with E-state index in [1.54, 1.807) is 0 Å². The first-order valence-electron chi connectivity index (χ1n) is 6.28. The van der Waals surface area contributed by atoms with Gasteiger partial charge in [0.05, 0.1) is 0 Å². The molecule has 0 fully saturated rings. The Kier molecular flexibility index (Phi) is 4.69. The van der Waals surface area contributed by atoms with Crippen LogP contribution in [0.1, 0.15) is 12.6 Å². The zero-order valence-corrected chi connectivity index (χ0v) is 12.4. The molecule has 23 heavy (non-hydrogen) atoms. The summed E-state index contributed by atoms with van der Waals surface area (Å²) < 4.78 is 38.1. The molecular formula is C13H10ClF3N4O2. The van der Waals surface area contributed by atoms with E-state index < -0.39 is 28.7 Å². The van der Waals surface area contributed by atoms with Gasteiger partial charge in [0.15, 0.2) is 11.5 Å². The zero-order chi connectivity index (χ0) is 17.2. The second-order valence-corrected chi connectivity index (χ2v) is 5.14. The van der Waals surface area contributed by atoms with E-state index in [0.717, 1.165) is 0 Å². The molecule has 2 aromatic heterocycles. The summed E-state index contributed by atoms with van der Waals surface area (Å²) in [6, 6.07) is 4.56. The van der Waals surface area contributed by atoms with Crippen LogP contribution in [0.25, 0.3) is 11.5 Å². The number of nitrogens with one attached hydrogen (secondary N) is 2. The highest BCUT2D eigenvalue weighted by molar-refractivity contribution is 6.32. The third kappa shape index (κ3) is 4.28. The summed E-state index contributed by atoms with van der Waals surface area (Å²) >= 11 is 5.60. The Hall–Kier alpha value is -2.42. The Morgan fingerprint density at radius 3 is 2.65 bits per heavy atom. The second kappa shape index (κ2) is 6.37. The molecule has 0 aliphatic heterocycles. The molecule has 122 valence electrons. The topological polar surface area (TPSA) is 87.7 Å². The Balaban J connectivity index is 2.41. The molecule has 0 radical (unpaired) electrons. The first kappa shape index (κ1) is 16.9. The third-order valence-corrected chi connectivity index (χ3v) is 2.83. The Morgan fingerprint density at radius 2 is 2.04 bits per heavy atom. The van der Waals surface area contributed by atoms with Gasteiger partial charge in [0.25, 0.3) is 5.56 Å². The van der Waals surface area contributed by atoms with Gasteiger partial charge in [-0.3, -0.25) is 9.59 Å². The van der Waals surface area contributed by atoms with Crippen molar-refractivity contribution in [2.45, 2.75) is 18.5 Å². The van der Waals surface area contributed by atoms with Crippen molar-refractivity contribution in [2.24, 2.45) is 0 Å². The fourth-order valence-corrected chi connectivity index (χ4v) is 1.64. The molecule has 0 aromatic carbocycles. The number of hydrogen-bond donors (Lipinski definition) is 2. The highest BCUT2D eigenvalue weighted by atomic mass is 35.5. The van der Waals surface area contributed by atoms with Crippen LogP contribution in [-0.4, -0.2) is 26.2 Å². The number of H-pyrrole nitrogens is 1. The molecule has 0 saturated carbocycles. The summed E-state index contributed by atoms with van der Waals surface area (Å²) in [6.07, 6.45) is -4.76. The lowest BCUT2D eigenvalue weighted by molar-refractivity contribution is -0.141. The fraction of sp³-hybridized carbons (Fsp3) is 0.231. The molecule has 1 amide bonds. The third-order valence-electron chi connectivity index (χ3n) is 2.64. The first-order chi connectivity index (χ1) is 10.7. The van der Waals surface area contributed by atoms with Crippen molar-refractivity contribution in [1.29, 1.82) is 0 Å². The second-order valence-electron chi connectivity index (χ2n) is 4.49. The number of carbonyl (C=O) groups is 1. The summed E-state index contributed by atoms with van der Waals surface area (Å²) in [7, 11) is 0. The van der Waals surface area contributed by atoms with Gasteiger partial charge in [0.1, 0.15) is 16.9 Å². The number of nitrogens with zero attached hydrogens (tertiary/aromatic N) is 2. The van der Waals surface area contributed by atoms with Crippen LogP contribution in [0.4, 0.5) is 19.0 Å². The number of alkyl halides is 4. The first-order valence-corrected chi connectivity index (χ1v) is 6.71. The van der Waals surface area contributed by atoms with E-state index in [1.807, 2.05) is 0 Å². The lowest BCUT2D eigenvalue weighted by Gasteiger charge is -2.09. The molecule has 0 bridgehead atoms. The van der Waals surface area contributed by atoms with Gasteiger partial charge in [-0.05, 0) is 19.1 Å². The van der Waals surface area contributed by atoms with Crippen molar-refractivity contribution in [3.05, 3.63) is 40.3 Å². The molecule has 0 saturated heterocycles. The summed E-state index contributed by atoms with van der Waals surface area (Å²) in [6.45, 7) is 1.45. The Bertz CT molecular complexity index is 789. The quantitative estimate of drug-likeness (QED) is 0.835. The van der Waals surface area contributed by atoms with Crippen LogP contribution in [0, 0.1) is 0 Å². The highest BCUT2D eigenvalue weighted by Crippen LogP contribution is 2.27. The van der Waals surface area contributed by atoms with Crippen molar-refractivity contribution >= 4 is 23.3 Å². The smallest absolute Gasteiger partial charge is 0.309 e. The van der Waals surface area contributed by atoms with Gasteiger partial charge in [0, 0.05) is 6.07 Å². The van der Waals surface area contributed by atoms with Gasteiger partial charge in [-0.15, -0.1) is 11.6 Å². The maximum Gasteiger partial charge on any atom is 0.433 e. The van der Waals surface area contributed by atoms with Crippen LogP contribution in [-0.2, 0) is 11.0 Å². The molecule has 2 aromatic rings. The average molecular weight is 347 g/mol. The van der Waals surface area contributed by atoms with Gasteiger partial charge in [-0.1, -0.05) is 6.07 Å². The number of anilines is 1. The van der Waals surface area contributed by atoms with Crippen molar-refractivity contribution in [1.82, 2.24) is 15.0 Å². The molecule has 2 N–H and O–H groups in total. The molecule has 2 rings (SSSR count). The van der Waals surface area contributed by atoms with Crippen molar-refractivity contribution < 1.29 is 18.0 Å². The van der Waals surface area contributed by atoms with Gasteiger partial charge in [-0.25, -0.2) is 9.97 Å². The van der Waals surface area contributed by atoms with E-state index in [2.05, 4.69) is 20.3 Å². The molecule has 0 spiro atoms. The number of aromatic amines is 1. The van der Waals surface area contributed by atoms with E-state index in [0.29, 0.717) is 6.07 Å². The SMILES string of the molecule is CC(Cl)C(=O)Nc1cccc(-c2nc(C(F)(F)F)cc(=O)[nH]2)n1. The Labute approximate surface area is 132 Å². The minimum atomic E-state index is -4.76. The van der Waals surface area contributed by atoms with E-state index in [4.69, 9.17) is 11.6 Å². The van der Waals surface area contributed by atoms with Gasteiger partial charge in [0.2, 0.25) is 5.91 Å². The molecule has 10 heteroatoms. The number of amides is 1. The minimum absolute atomic E-state index is 0.0341. The van der Waals surface area contributed by atoms with Crippen LogP contribution < -0.4 is 10.9 Å². The van der Waals surface area contributed by atoms with Crippen molar-refractivity contribution in [2.75, 3.05) is 5.32 Å². The lowest BCUT2D eigenvalue weighted by Crippen LogP contribution is -2.21. The van der Waals surface area contributed by atoms with E-state index in [1.165, 1.54) is 25.1 Å². The standard InChI is InChI=1S/C13H10ClF3N4O2/c1-6(14)12(23)20-9-4-2-3-7(18-9)11-19-8(13(15,16)17)5-10(22)21-11/h2-6H,1H3,(H,18,20,23)(H,19,21,22). The van der Waals surface area contributed by atoms with Crippen LogP contribution >= 0.6 is 11.6 Å². The number of carbonyl (C=O) groups excluding carboxylic acids is 1. The zero-order valence-electron chi connectivity index (χ0n) is 11.6. The predicted molar refractivity (Wildman–Crippen MR) is 77.0 cm³/mol. The summed E-state index contributed by atoms with van der Waals surface area (Å²) in [5.41, 5.74) is -2.33. The maximum atomic E-state index is 12.7. The van der Waals surface area contributed by atoms with E-state index in [-0.39, 0.29) is 17.3 Å². The van der Waals surface area contributed by atoms with E-state index >= 15 is 0 Å². The molecule has 0 aliphatic carbocycles. The van der Waals surface area contributed by atoms with Crippen molar-refractivity contribution in [3.8, 4) is 11.5 Å². The molecule has 1 atom stereocenters. The fourth-order valence-electron chi connectivity index (χ4n) is 1.59. The number of aromatic nitrogens is 3. The van der Waals surface area contributed by atoms with Gasteiger partial charge in [-0.2, -0.15) is 13.2 Å². The normalized spacial score (nSPS) is 12.7.